The monoisotopic (exact) mass is 198 g/mol. The van der Waals surface area contributed by atoms with Crippen molar-refractivity contribution < 1.29 is 9.59 Å². The van der Waals surface area contributed by atoms with Crippen LogP contribution in [0.2, 0.25) is 0 Å². The highest BCUT2D eigenvalue weighted by Crippen LogP contribution is 2.15. The highest BCUT2D eigenvalue weighted by Gasteiger charge is 2.06. The molecular formula is C10H11ClO2. The Bertz CT molecular complexity index is 311. The standard InChI is InChI=1S/C10H11ClO2/c1-6(8(3)12)5-10(11)7(2)9(4)13/h5H,1-2H2,3-4H3. The van der Waals surface area contributed by atoms with E-state index in [1.807, 2.05) is 0 Å². The van der Waals surface area contributed by atoms with Gasteiger partial charge in [-0.1, -0.05) is 24.8 Å². The minimum atomic E-state index is -0.224. The third-order valence-corrected chi connectivity index (χ3v) is 1.80. The zero-order valence-corrected chi connectivity index (χ0v) is 8.44. The Hall–Kier alpha value is -1.15. The van der Waals surface area contributed by atoms with Crippen LogP contribution in [-0.4, -0.2) is 11.6 Å². The van der Waals surface area contributed by atoms with Crippen molar-refractivity contribution in [1.29, 1.82) is 0 Å². The topological polar surface area (TPSA) is 34.1 Å². The summed E-state index contributed by atoms with van der Waals surface area (Å²) in [4.78, 5) is 21.6. The van der Waals surface area contributed by atoms with E-state index in [1.54, 1.807) is 0 Å². The molecule has 0 fully saturated rings. The zero-order valence-electron chi connectivity index (χ0n) is 7.69. The lowest BCUT2D eigenvalue weighted by Crippen LogP contribution is -1.97. The van der Waals surface area contributed by atoms with Crippen molar-refractivity contribution in [3.05, 3.63) is 35.4 Å². The molecule has 70 valence electrons. The maximum atomic E-state index is 10.8. The van der Waals surface area contributed by atoms with Gasteiger partial charge >= 0.3 is 0 Å². The lowest BCUT2D eigenvalue weighted by molar-refractivity contribution is -0.114. The SMILES string of the molecule is C=C(C=C(Cl)C(=C)C(C)=O)C(C)=O. The number of Topliss-reactive ketones (excluding diaryl/α,β-unsaturated/α-hetero) is 2. The minimum absolute atomic E-state index is 0.160. The summed E-state index contributed by atoms with van der Waals surface area (Å²) >= 11 is 5.69. The molecule has 0 unspecified atom stereocenters. The van der Waals surface area contributed by atoms with E-state index in [-0.39, 0.29) is 27.7 Å². The summed E-state index contributed by atoms with van der Waals surface area (Å²) in [6.07, 6.45) is 1.34. The maximum absolute atomic E-state index is 10.8. The van der Waals surface area contributed by atoms with Crippen molar-refractivity contribution in [3.63, 3.8) is 0 Å². The van der Waals surface area contributed by atoms with E-state index < -0.39 is 0 Å². The summed E-state index contributed by atoms with van der Waals surface area (Å²) in [5.74, 6) is -0.410. The number of ketones is 2. The van der Waals surface area contributed by atoms with E-state index in [4.69, 9.17) is 11.6 Å². The molecule has 0 heterocycles. The normalized spacial score (nSPS) is 10.8. The average Bonchev–Trinajstić information content (AvgIpc) is 2.02. The highest BCUT2D eigenvalue weighted by molar-refractivity contribution is 6.35. The molecule has 2 nitrogen and oxygen atoms in total. The predicted molar refractivity (Wildman–Crippen MR) is 53.6 cm³/mol. The van der Waals surface area contributed by atoms with Gasteiger partial charge in [0.05, 0.1) is 5.03 Å². The van der Waals surface area contributed by atoms with Crippen molar-refractivity contribution in [1.82, 2.24) is 0 Å². The number of hydrogen-bond donors (Lipinski definition) is 0. The van der Waals surface area contributed by atoms with Crippen molar-refractivity contribution >= 4 is 23.2 Å². The van der Waals surface area contributed by atoms with Gasteiger partial charge in [0.2, 0.25) is 0 Å². The Morgan fingerprint density at radius 3 is 1.92 bits per heavy atom. The number of hydrogen-bond acceptors (Lipinski definition) is 2. The van der Waals surface area contributed by atoms with E-state index >= 15 is 0 Å². The van der Waals surface area contributed by atoms with Crippen LogP contribution in [0.1, 0.15) is 13.8 Å². The third-order valence-electron chi connectivity index (χ3n) is 1.47. The van der Waals surface area contributed by atoms with Crippen LogP contribution in [0.3, 0.4) is 0 Å². The maximum Gasteiger partial charge on any atom is 0.160 e. The Morgan fingerprint density at radius 1 is 1.15 bits per heavy atom. The van der Waals surface area contributed by atoms with Crippen molar-refractivity contribution in [2.45, 2.75) is 13.8 Å². The second kappa shape index (κ2) is 4.77. The summed E-state index contributed by atoms with van der Waals surface area (Å²) in [5.41, 5.74) is 0.441. The van der Waals surface area contributed by atoms with Gasteiger partial charge in [-0.2, -0.15) is 0 Å². The van der Waals surface area contributed by atoms with E-state index in [0.29, 0.717) is 0 Å². The Labute approximate surface area is 82.6 Å². The van der Waals surface area contributed by atoms with Crippen LogP contribution in [0, 0.1) is 0 Å². The largest absolute Gasteiger partial charge is 0.295 e. The van der Waals surface area contributed by atoms with Crippen LogP contribution in [0.5, 0.6) is 0 Å². The molecule has 0 rings (SSSR count). The molecule has 0 aromatic rings. The van der Waals surface area contributed by atoms with Gasteiger partial charge in [0, 0.05) is 11.1 Å². The molecule has 0 aliphatic heterocycles. The highest BCUT2D eigenvalue weighted by atomic mass is 35.5. The number of carbonyl (C=O) groups excluding carboxylic acids is 2. The van der Waals surface area contributed by atoms with Crippen LogP contribution >= 0.6 is 11.6 Å². The van der Waals surface area contributed by atoms with Crippen molar-refractivity contribution in [2.24, 2.45) is 0 Å². The van der Waals surface area contributed by atoms with Gasteiger partial charge in [-0.05, 0) is 19.9 Å². The van der Waals surface area contributed by atoms with E-state index in [2.05, 4.69) is 13.2 Å². The molecule has 0 aromatic carbocycles. The predicted octanol–water partition coefficient (Wildman–Crippen LogP) is 2.40. The Balaban J connectivity index is 4.69. The summed E-state index contributed by atoms with van der Waals surface area (Å²) < 4.78 is 0. The minimum Gasteiger partial charge on any atom is -0.295 e. The molecule has 0 spiro atoms. The van der Waals surface area contributed by atoms with Gasteiger partial charge in [0.25, 0.3) is 0 Å². The summed E-state index contributed by atoms with van der Waals surface area (Å²) in [6.45, 7) is 9.67. The smallest absolute Gasteiger partial charge is 0.160 e. The molecule has 13 heavy (non-hydrogen) atoms. The summed E-state index contributed by atoms with van der Waals surface area (Å²) in [7, 11) is 0. The molecule has 0 aromatic heterocycles. The molecule has 0 saturated carbocycles. The fraction of sp³-hybridized carbons (Fsp3) is 0.200. The van der Waals surface area contributed by atoms with Gasteiger partial charge < -0.3 is 0 Å². The second-order valence-electron chi connectivity index (χ2n) is 2.61. The fourth-order valence-corrected chi connectivity index (χ4v) is 0.775. The van der Waals surface area contributed by atoms with Crippen LogP contribution in [0.15, 0.2) is 35.4 Å². The first-order chi connectivity index (χ1) is 5.86. The third kappa shape index (κ3) is 3.85. The Kier molecular flexibility index (Phi) is 4.35. The first kappa shape index (κ1) is 11.8. The lowest BCUT2D eigenvalue weighted by Gasteiger charge is -1.99. The number of rotatable bonds is 4. The molecule has 0 aliphatic rings. The molecule has 0 amide bonds. The first-order valence-corrected chi connectivity index (χ1v) is 4.01. The summed E-state index contributed by atoms with van der Waals surface area (Å²) in [6, 6.07) is 0. The van der Waals surface area contributed by atoms with Crippen molar-refractivity contribution in [2.75, 3.05) is 0 Å². The molecule has 0 radical (unpaired) electrons. The number of carbonyl (C=O) groups is 2. The molecule has 0 aliphatic carbocycles. The van der Waals surface area contributed by atoms with Crippen molar-refractivity contribution in [3.8, 4) is 0 Å². The molecular weight excluding hydrogens is 188 g/mol. The van der Waals surface area contributed by atoms with E-state index in [9.17, 15) is 9.59 Å². The van der Waals surface area contributed by atoms with Crippen LogP contribution in [-0.2, 0) is 9.59 Å². The Morgan fingerprint density at radius 2 is 1.62 bits per heavy atom. The molecule has 3 heteroatoms. The second-order valence-corrected chi connectivity index (χ2v) is 3.02. The lowest BCUT2D eigenvalue weighted by atomic mass is 10.1. The molecule has 0 bridgehead atoms. The zero-order chi connectivity index (χ0) is 10.6. The van der Waals surface area contributed by atoms with Gasteiger partial charge in [-0.25, -0.2) is 0 Å². The van der Waals surface area contributed by atoms with Crippen LogP contribution in [0.4, 0.5) is 0 Å². The van der Waals surface area contributed by atoms with E-state index in [0.717, 1.165) is 0 Å². The fourth-order valence-electron chi connectivity index (χ4n) is 0.510. The van der Waals surface area contributed by atoms with Crippen LogP contribution < -0.4 is 0 Å². The molecule has 0 N–H and O–H groups in total. The first-order valence-electron chi connectivity index (χ1n) is 3.63. The molecule has 0 atom stereocenters. The van der Waals surface area contributed by atoms with Gasteiger partial charge in [-0.3, -0.25) is 9.59 Å². The van der Waals surface area contributed by atoms with Crippen LogP contribution in [0.25, 0.3) is 0 Å². The van der Waals surface area contributed by atoms with Gasteiger partial charge in [-0.15, -0.1) is 0 Å². The number of halogens is 1. The number of allylic oxidation sites excluding steroid dienone is 4. The van der Waals surface area contributed by atoms with Gasteiger partial charge in [0.1, 0.15) is 0 Å². The van der Waals surface area contributed by atoms with E-state index in [1.165, 1.54) is 19.9 Å². The quantitative estimate of drug-likeness (QED) is 0.514. The summed E-state index contributed by atoms with van der Waals surface area (Å²) in [5, 5.41) is 0.160. The molecule has 0 saturated heterocycles. The van der Waals surface area contributed by atoms with Gasteiger partial charge in [0.15, 0.2) is 11.6 Å². The average molecular weight is 199 g/mol.